The molecule has 0 saturated heterocycles. The lowest BCUT2D eigenvalue weighted by atomic mass is 10.3. The summed E-state index contributed by atoms with van der Waals surface area (Å²) < 4.78 is 0. The molecule has 0 aliphatic rings. The van der Waals surface area contributed by atoms with Gasteiger partial charge in [-0.05, 0) is 11.6 Å². The van der Waals surface area contributed by atoms with E-state index in [9.17, 15) is 0 Å². The molecule has 5 nitrogen and oxygen atoms in total. The Hall–Kier alpha value is -2.04. The third kappa shape index (κ3) is 2.31. The van der Waals surface area contributed by atoms with Crippen molar-refractivity contribution in [3.8, 4) is 0 Å². The second-order valence-electron chi connectivity index (χ2n) is 3.59. The molecule has 0 aliphatic carbocycles. The van der Waals surface area contributed by atoms with Crippen molar-refractivity contribution in [2.45, 2.75) is 6.54 Å². The third-order valence-corrected chi connectivity index (χ3v) is 2.38. The van der Waals surface area contributed by atoms with E-state index < -0.39 is 0 Å². The molecule has 0 amide bonds. The van der Waals surface area contributed by atoms with Gasteiger partial charge in [-0.25, -0.2) is 9.97 Å². The van der Waals surface area contributed by atoms with Crippen LogP contribution in [0.2, 0.25) is 0 Å². The summed E-state index contributed by atoms with van der Waals surface area (Å²) in [6.45, 7) is 0.823. The van der Waals surface area contributed by atoms with Gasteiger partial charge in [-0.1, -0.05) is 0 Å². The summed E-state index contributed by atoms with van der Waals surface area (Å²) in [5.41, 5.74) is 1.23. The Labute approximate surface area is 94.5 Å². The number of anilines is 2. The molecular formula is C11H15N5. The molecule has 0 spiro atoms. The van der Waals surface area contributed by atoms with E-state index in [1.807, 2.05) is 32.6 Å². The minimum Gasteiger partial charge on any atom is -0.373 e. The maximum Gasteiger partial charge on any atom is 0.134 e. The summed E-state index contributed by atoms with van der Waals surface area (Å²) in [7, 11) is 3.85. The molecule has 0 aliphatic heterocycles. The molecular weight excluding hydrogens is 202 g/mol. The van der Waals surface area contributed by atoms with Gasteiger partial charge >= 0.3 is 0 Å². The molecule has 0 aromatic carbocycles. The summed E-state index contributed by atoms with van der Waals surface area (Å²) in [6, 6.07) is 3.98. The zero-order valence-electron chi connectivity index (χ0n) is 9.44. The first-order valence-electron chi connectivity index (χ1n) is 5.12. The van der Waals surface area contributed by atoms with Crippen molar-refractivity contribution in [1.82, 2.24) is 15.0 Å². The van der Waals surface area contributed by atoms with Gasteiger partial charge in [0.25, 0.3) is 0 Å². The number of H-pyrrole nitrogens is 1. The molecule has 2 heterocycles. The fourth-order valence-corrected chi connectivity index (χ4v) is 1.50. The molecule has 0 unspecified atom stereocenters. The van der Waals surface area contributed by atoms with Crippen LogP contribution in [0.15, 0.2) is 30.9 Å². The van der Waals surface area contributed by atoms with Crippen molar-refractivity contribution in [1.29, 1.82) is 0 Å². The van der Waals surface area contributed by atoms with E-state index in [1.54, 1.807) is 6.33 Å². The Bertz CT molecular complexity index is 437. The highest BCUT2D eigenvalue weighted by molar-refractivity contribution is 5.47. The first kappa shape index (κ1) is 10.5. The van der Waals surface area contributed by atoms with Crippen LogP contribution in [-0.4, -0.2) is 29.0 Å². The van der Waals surface area contributed by atoms with E-state index in [-0.39, 0.29) is 0 Å². The molecule has 0 saturated carbocycles. The van der Waals surface area contributed by atoms with Gasteiger partial charge in [0.05, 0.1) is 0 Å². The summed E-state index contributed by atoms with van der Waals surface area (Å²) in [6.07, 6.45) is 5.47. The average Bonchev–Trinajstić information content (AvgIpc) is 2.82. The van der Waals surface area contributed by atoms with Crippen LogP contribution in [0.3, 0.4) is 0 Å². The van der Waals surface area contributed by atoms with Crippen molar-refractivity contribution in [2.24, 2.45) is 0 Å². The first-order valence-corrected chi connectivity index (χ1v) is 5.12. The fourth-order valence-electron chi connectivity index (χ4n) is 1.50. The van der Waals surface area contributed by atoms with Gasteiger partial charge < -0.3 is 15.2 Å². The summed E-state index contributed by atoms with van der Waals surface area (Å²) in [5.74, 6) is 1.73. The zero-order valence-corrected chi connectivity index (χ0v) is 9.44. The predicted molar refractivity (Wildman–Crippen MR) is 64.5 cm³/mol. The minimum atomic E-state index is 0.823. The normalized spacial score (nSPS) is 10.1. The maximum atomic E-state index is 4.23. The number of nitrogens with zero attached hydrogens (tertiary/aromatic N) is 3. The third-order valence-electron chi connectivity index (χ3n) is 2.38. The maximum absolute atomic E-state index is 4.23. The predicted octanol–water partition coefficient (Wildman–Crippen LogP) is 1.48. The average molecular weight is 217 g/mol. The molecule has 0 radical (unpaired) electrons. The SMILES string of the molecule is CNc1cc(N(C)Cc2cc[nH]c2)ncn1. The second-order valence-corrected chi connectivity index (χ2v) is 3.59. The van der Waals surface area contributed by atoms with Crippen LogP contribution < -0.4 is 10.2 Å². The zero-order chi connectivity index (χ0) is 11.4. The van der Waals surface area contributed by atoms with E-state index in [2.05, 4.69) is 31.2 Å². The molecule has 84 valence electrons. The Morgan fingerprint density at radius 2 is 2.31 bits per heavy atom. The molecule has 0 fully saturated rings. The standard InChI is InChI=1S/C11H15N5/c1-12-10-5-11(15-8-14-10)16(2)7-9-3-4-13-6-9/h3-6,8,13H,7H2,1-2H3,(H,12,14,15). The highest BCUT2D eigenvalue weighted by Gasteiger charge is 2.04. The monoisotopic (exact) mass is 217 g/mol. The van der Waals surface area contributed by atoms with E-state index in [0.717, 1.165) is 18.2 Å². The number of hydrogen-bond donors (Lipinski definition) is 2. The van der Waals surface area contributed by atoms with Gasteiger partial charge in [0.1, 0.15) is 18.0 Å². The topological polar surface area (TPSA) is 56.8 Å². The van der Waals surface area contributed by atoms with Crippen LogP contribution in [-0.2, 0) is 6.54 Å². The molecule has 2 aromatic rings. The largest absolute Gasteiger partial charge is 0.373 e. The first-order chi connectivity index (χ1) is 7.79. The number of rotatable bonds is 4. The summed E-state index contributed by atoms with van der Waals surface area (Å²) >= 11 is 0. The van der Waals surface area contributed by atoms with Crippen molar-refractivity contribution in [3.05, 3.63) is 36.4 Å². The summed E-state index contributed by atoms with van der Waals surface area (Å²) in [4.78, 5) is 13.4. The van der Waals surface area contributed by atoms with Gasteiger partial charge in [0.15, 0.2) is 0 Å². The smallest absolute Gasteiger partial charge is 0.134 e. The Morgan fingerprint density at radius 3 is 3.00 bits per heavy atom. The van der Waals surface area contributed by atoms with Crippen molar-refractivity contribution < 1.29 is 0 Å². The van der Waals surface area contributed by atoms with E-state index in [0.29, 0.717) is 0 Å². The van der Waals surface area contributed by atoms with Crippen LogP contribution in [0.25, 0.3) is 0 Å². The number of aromatic nitrogens is 3. The highest BCUT2D eigenvalue weighted by atomic mass is 15.2. The van der Waals surface area contributed by atoms with Crippen LogP contribution >= 0.6 is 0 Å². The Kier molecular flexibility index (Phi) is 3.05. The lowest BCUT2D eigenvalue weighted by Crippen LogP contribution is -2.17. The van der Waals surface area contributed by atoms with Crippen LogP contribution in [0.4, 0.5) is 11.6 Å². The van der Waals surface area contributed by atoms with E-state index in [1.165, 1.54) is 5.56 Å². The molecule has 16 heavy (non-hydrogen) atoms. The molecule has 0 bridgehead atoms. The van der Waals surface area contributed by atoms with Crippen molar-refractivity contribution in [3.63, 3.8) is 0 Å². The lowest BCUT2D eigenvalue weighted by Gasteiger charge is -2.17. The highest BCUT2D eigenvalue weighted by Crippen LogP contribution is 2.14. The van der Waals surface area contributed by atoms with E-state index in [4.69, 9.17) is 0 Å². The molecule has 2 rings (SSSR count). The fraction of sp³-hybridized carbons (Fsp3) is 0.273. The minimum absolute atomic E-state index is 0.823. The van der Waals surface area contributed by atoms with Crippen LogP contribution in [0.5, 0.6) is 0 Å². The van der Waals surface area contributed by atoms with Gasteiger partial charge in [-0.15, -0.1) is 0 Å². The summed E-state index contributed by atoms with van der Waals surface area (Å²) in [5, 5.41) is 3.00. The quantitative estimate of drug-likeness (QED) is 0.814. The van der Waals surface area contributed by atoms with Gasteiger partial charge in [-0.3, -0.25) is 0 Å². The van der Waals surface area contributed by atoms with E-state index >= 15 is 0 Å². The molecule has 2 aromatic heterocycles. The number of nitrogens with one attached hydrogen (secondary N) is 2. The van der Waals surface area contributed by atoms with Crippen LogP contribution in [0.1, 0.15) is 5.56 Å². The number of hydrogen-bond acceptors (Lipinski definition) is 4. The lowest BCUT2D eigenvalue weighted by molar-refractivity contribution is 0.892. The van der Waals surface area contributed by atoms with Gasteiger partial charge in [0, 0.05) is 39.1 Å². The Morgan fingerprint density at radius 1 is 1.44 bits per heavy atom. The van der Waals surface area contributed by atoms with Crippen molar-refractivity contribution in [2.75, 3.05) is 24.3 Å². The number of aromatic amines is 1. The van der Waals surface area contributed by atoms with Crippen molar-refractivity contribution >= 4 is 11.6 Å². The molecule has 5 heteroatoms. The van der Waals surface area contributed by atoms with Gasteiger partial charge in [-0.2, -0.15) is 0 Å². The molecule has 0 atom stereocenters. The second kappa shape index (κ2) is 4.65. The van der Waals surface area contributed by atoms with Crippen LogP contribution in [0, 0.1) is 0 Å². The Balaban J connectivity index is 2.11. The van der Waals surface area contributed by atoms with Gasteiger partial charge in [0.2, 0.25) is 0 Å². The molecule has 2 N–H and O–H groups in total.